The highest BCUT2D eigenvalue weighted by molar-refractivity contribution is 5.75. The SMILES string of the molecule is CN(C)Cc1ccccc1CNC(=O)CCCCCCN. The number of nitrogens with one attached hydrogen (secondary N) is 1. The van der Waals surface area contributed by atoms with Crippen molar-refractivity contribution in [1.82, 2.24) is 10.2 Å². The molecule has 0 atom stereocenters. The van der Waals surface area contributed by atoms with Crippen molar-refractivity contribution in [1.29, 1.82) is 0 Å². The van der Waals surface area contributed by atoms with Crippen molar-refractivity contribution in [3.05, 3.63) is 35.4 Å². The lowest BCUT2D eigenvalue weighted by molar-refractivity contribution is -0.121. The molecular formula is C17H29N3O. The van der Waals surface area contributed by atoms with Crippen molar-refractivity contribution in [2.75, 3.05) is 20.6 Å². The lowest BCUT2D eigenvalue weighted by Crippen LogP contribution is -2.23. The van der Waals surface area contributed by atoms with Crippen LogP contribution in [0.5, 0.6) is 0 Å². The second kappa shape index (κ2) is 10.4. The molecule has 0 fully saturated rings. The van der Waals surface area contributed by atoms with Gasteiger partial charge in [-0.3, -0.25) is 4.79 Å². The maximum absolute atomic E-state index is 11.8. The van der Waals surface area contributed by atoms with E-state index in [0.29, 0.717) is 13.0 Å². The molecule has 1 aromatic carbocycles. The fraction of sp³-hybridized carbons (Fsp3) is 0.588. The standard InChI is InChI=1S/C17H29N3O/c1-20(2)14-16-10-7-6-9-15(16)13-19-17(21)11-5-3-4-8-12-18/h6-7,9-10H,3-5,8,11-14,18H2,1-2H3,(H,19,21). The molecule has 21 heavy (non-hydrogen) atoms. The average molecular weight is 291 g/mol. The first-order chi connectivity index (χ1) is 10.1. The van der Waals surface area contributed by atoms with Crippen LogP contribution in [-0.2, 0) is 17.9 Å². The summed E-state index contributed by atoms with van der Waals surface area (Å²) in [4.78, 5) is 14.0. The van der Waals surface area contributed by atoms with Crippen LogP contribution in [0.25, 0.3) is 0 Å². The third-order valence-corrected chi connectivity index (χ3v) is 3.44. The fourth-order valence-electron chi connectivity index (χ4n) is 2.29. The zero-order valence-corrected chi connectivity index (χ0v) is 13.4. The van der Waals surface area contributed by atoms with Crippen LogP contribution in [0.15, 0.2) is 24.3 Å². The molecule has 0 spiro atoms. The first-order valence-corrected chi connectivity index (χ1v) is 7.81. The Hall–Kier alpha value is -1.39. The molecule has 0 unspecified atom stereocenters. The quantitative estimate of drug-likeness (QED) is 0.650. The third kappa shape index (κ3) is 7.83. The van der Waals surface area contributed by atoms with Gasteiger partial charge in [0.1, 0.15) is 0 Å². The van der Waals surface area contributed by atoms with Crippen LogP contribution in [0.1, 0.15) is 43.2 Å². The molecule has 4 nitrogen and oxygen atoms in total. The zero-order chi connectivity index (χ0) is 15.5. The Kier molecular flexibility index (Phi) is 8.71. The summed E-state index contributed by atoms with van der Waals surface area (Å²) in [6.07, 6.45) is 4.82. The normalized spacial score (nSPS) is 10.9. The predicted octanol–water partition coefficient (Wildman–Crippen LogP) is 2.27. The molecule has 0 aliphatic heterocycles. The van der Waals surface area contributed by atoms with Gasteiger partial charge in [0, 0.05) is 19.5 Å². The predicted molar refractivity (Wildman–Crippen MR) is 87.8 cm³/mol. The molecule has 0 aliphatic carbocycles. The van der Waals surface area contributed by atoms with E-state index in [4.69, 9.17) is 5.73 Å². The van der Waals surface area contributed by atoms with Crippen LogP contribution >= 0.6 is 0 Å². The summed E-state index contributed by atoms with van der Waals surface area (Å²) in [6.45, 7) is 2.26. The minimum Gasteiger partial charge on any atom is -0.352 e. The van der Waals surface area contributed by atoms with Gasteiger partial charge in [0.05, 0.1) is 0 Å². The number of nitrogens with zero attached hydrogens (tertiary/aromatic N) is 1. The van der Waals surface area contributed by atoms with Gasteiger partial charge in [-0.05, 0) is 44.6 Å². The highest BCUT2D eigenvalue weighted by Crippen LogP contribution is 2.10. The van der Waals surface area contributed by atoms with Crippen molar-refractivity contribution in [3.8, 4) is 0 Å². The summed E-state index contributed by atoms with van der Waals surface area (Å²) < 4.78 is 0. The molecular weight excluding hydrogens is 262 g/mol. The highest BCUT2D eigenvalue weighted by Gasteiger charge is 2.05. The van der Waals surface area contributed by atoms with E-state index in [1.165, 1.54) is 11.1 Å². The summed E-state index contributed by atoms with van der Waals surface area (Å²) in [5, 5.41) is 3.02. The second-order valence-corrected chi connectivity index (χ2v) is 5.74. The van der Waals surface area contributed by atoms with E-state index in [1.54, 1.807) is 0 Å². The molecule has 4 heteroatoms. The maximum atomic E-state index is 11.8. The summed E-state index contributed by atoms with van der Waals surface area (Å²) in [7, 11) is 4.10. The Morgan fingerprint density at radius 1 is 1.10 bits per heavy atom. The van der Waals surface area contributed by atoms with E-state index in [0.717, 1.165) is 38.8 Å². The molecule has 0 aromatic heterocycles. The van der Waals surface area contributed by atoms with Crippen LogP contribution < -0.4 is 11.1 Å². The van der Waals surface area contributed by atoms with Gasteiger partial charge >= 0.3 is 0 Å². The Morgan fingerprint density at radius 2 is 1.76 bits per heavy atom. The van der Waals surface area contributed by atoms with E-state index in [1.807, 2.05) is 12.1 Å². The van der Waals surface area contributed by atoms with Gasteiger partial charge in [-0.15, -0.1) is 0 Å². The minimum atomic E-state index is 0.141. The van der Waals surface area contributed by atoms with Gasteiger partial charge in [0.15, 0.2) is 0 Å². The van der Waals surface area contributed by atoms with Crippen molar-refractivity contribution in [2.24, 2.45) is 5.73 Å². The summed E-state index contributed by atoms with van der Waals surface area (Å²) >= 11 is 0. The van der Waals surface area contributed by atoms with E-state index in [9.17, 15) is 4.79 Å². The molecule has 0 radical (unpaired) electrons. The van der Waals surface area contributed by atoms with Gasteiger partial charge in [0.2, 0.25) is 5.91 Å². The second-order valence-electron chi connectivity index (χ2n) is 5.74. The minimum absolute atomic E-state index is 0.141. The van der Waals surface area contributed by atoms with E-state index < -0.39 is 0 Å². The first kappa shape index (κ1) is 17.7. The van der Waals surface area contributed by atoms with Gasteiger partial charge in [-0.25, -0.2) is 0 Å². The fourth-order valence-corrected chi connectivity index (χ4v) is 2.29. The molecule has 0 aliphatic rings. The zero-order valence-electron chi connectivity index (χ0n) is 13.4. The van der Waals surface area contributed by atoms with Crippen molar-refractivity contribution in [3.63, 3.8) is 0 Å². The van der Waals surface area contributed by atoms with Crippen LogP contribution in [0.4, 0.5) is 0 Å². The molecule has 1 rings (SSSR count). The van der Waals surface area contributed by atoms with Crippen LogP contribution in [0, 0.1) is 0 Å². The number of rotatable bonds is 10. The number of benzene rings is 1. The highest BCUT2D eigenvalue weighted by atomic mass is 16.1. The molecule has 0 heterocycles. The number of unbranched alkanes of at least 4 members (excludes halogenated alkanes) is 3. The average Bonchev–Trinajstić information content (AvgIpc) is 2.45. The summed E-state index contributed by atoms with van der Waals surface area (Å²) in [5.74, 6) is 0.141. The monoisotopic (exact) mass is 291 g/mol. The smallest absolute Gasteiger partial charge is 0.220 e. The maximum Gasteiger partial charge on any atom is 0.220 e. The van der Waals surface area contributed by atoms with Gasteiger partial charge in [0.25, 0.3) is 0 Å². The largest absolute Gasteiger partial charge is 0.352 e. The molecule has 0 saturated carbocycles. The topological polar surface area (TPSA) is 58.4 Å². The Bertz CT molecular complexity index is 418. The molecule has 0 saturated heterocycles. The number of carbonyl (C=O) groups is 1. The van der Waals surface area contributed by atoms with Gasteiger partial charge in [-0.1, -0.05) is 37.1 Å². The number of carbonyl (C=O) groups excluding carboxylic acids is 1. The van der Waals surface area contributed by atoms with Crippen molar-refractivity contribution < 1.29 is 4.79 Å². The van der Waals surface area contributed by atoms with E-state index in [2.05, 4.69) is 36.4 Å². The lowest BCUT2D eigenvalue weighted by atomic mass is 10.1. The van der Waals surface area contributed by atoms with E-state index in [-0.39, 0.29) is 5.91 Å². The summed E-state index contributed by atoms with van der Waals surface area (Å²) in [5.41, 5.74) is 7.91. The van der Waals surface area contributed by atoms with Gasteiger partial charge in [-0.2, -0.15) is 0 Å². The van der Waals surface area contributed by atoms with Crippen LogP contribution in [-0.4, -0.2) is 31.4 Å². The number of nitrogens with two attached hydrogens (primary N) is 1. The van der Waals surface area contributed by atoms with E-state index >= 15 is 0 Å². The molecule has 118 valence electrons. The molecule has 1 amide bonds. The first-order valence-electron chi connectivity index (χ1n) is 7.81. The Labute approximate surface area is 128 Å². The molecule has 0 bridgehead atoms. The van der Waals surface area contributed by atoms with Crippen LogP contribution in [0.3, 0.4) is 0 Å². The Morgan fingerprint density at radius 3 is 2.43 bits per heavy atom. The Balaban J connectivity index is 2.32. The number of amides is 1. The molecule has 3 N–H and O–H groups in total. The van der Waals surface area contributed by atoms with Crippen LogP contribution in [0.2, 0.25) is 0 Å². The van der Waals surface area contributed by atoms with Gasteiger partial charge < -0.3 is 16.0 Å². The third-order valence-electron chi connectivity index (χ3n) is 3.44. The lowest BCUT2D eigenvalue weighted by Gasteiger charge is -2.14. The summed E-state index contributed by atoms with van der Waals surface area (Å²) in [6, 6.07) is 8.27. The molecule has 1 aromatic rings. The van der Waals surface area contributed by atoms with Crippen molar-refractivity contribution >= 4 is 5.91 Å². The van der Waals surface area contributed by atoms with Crippen molar-refractivity contribution in [2.45, 2.75) is 45.2 Å². The number of hydrogen-bond donors (Lipinski definition) is 2. The number of hydrogen-bond acceptors (Lipinski definition) is 3.